The van der Waals surface area contributed by atoms with Crippen molar-refractivity contribution in [2.24, 2.45) is 5.92 Å². The largest absolute Gasteiger partial charge is 0.379 e. The molecule has 2 amide bonds. The van der Waals surface area contributed by atoms with Crippen LogP contribution in [0.5, 0.6) is 0 Å². The summed E-state index contributed by atoms with van der Waals surface area (Å²) in [5.74, 6) is -2.28. The fourth-order valence-electron chi connectivity index (χ4n) is 3.74. The lowest BCUT2D eigenvalue weighted by molar-refractivity contribution is -0.122. The minimum absolute atomic E-state index is 0.0167. The molecular weight excluding hydrogens is 461 g/mol. The molecule has 0 aromatic heterocycles. The molecule has 2 aliphatic rings. The van der Waals surface area contributed by atoms with Gasteiger partial charge in [-0.05, 0) is 30.3 Å². The third kappa shape index (κ3) is 4.49. The predicted molar refractivity (Wildman–Crippen MR) is 117 cm³/mol. The van der Waals surface area contributed by atoms with E-state index in [1.165, 1.54) is 11.0 Å². The van der Waals surface area contributed by atoms with Gasteiger partial charge in [-0.15, -0.1) is 0 Å². The average Bonchev–Trinajstić information content (AvgIpc) is 3.17. The van der Waals surface area contributed by atoms with Gasteiger partial charge >= 0.3 is 0 Å². The number of rotatable bonds is 5. The van der Waals surface area contributed by atoms with Gasteiger partial charge in [0.05, 0.1) is 29.8 Å². The van der Waals surface area contributed by atoms with Crippen molar-refractivity contribution in [1.82, 2.24) is 4.31 Å². The summed E-state index contributed by atoms with van der Waals surface area (Å²) in [4.78, 5) is 26.2. The van der Waals surface area contributed by atoms with Gasteiger partial charge in [0.25, 0.3) is 0 Å². The predicted octanol–water partition coefficient (Wildman–Crippen LogP) is 2.49. The quantitative estimate of drug-likeness (QED) is 0.707. The van der Waals surface area contributed by atoms with Gasteiger partial charge in [0.15, 0.2) is 0 Å². The average molecular weight is 482 g/mol. The van der Waals surface area contributed by atoms with Crippen LogP contribution in [0.1, 0.15) is 6.42 Å². The first kappa shape index (κ1) is 22.7. The number of halogens is 2. The lowest BCUT2D eigenvalue weighted by atomic mass is 10.1. The molecule has 0 spiro atoms. The van der Waals surface area contributed by atoms with E-state index in [4.69, 9.17) is 16.3 Å². The number of carbonyl (C=O) groups is 2. The summed E-state index contributed by atoms with van der Waals surface area (Å²) >= 11 is 6.17. The summed E-state index contributed by atoms with van der Waals surface area (Å²) < 4.78 is 46.3. The molecule has 1 unspecified atom stereocenters. The molecule has 0 bridgehead atoms. The lowest BCUT2D eigenvalue weighted by Crippen LogP contribution is -2.40. The number of benzene rings is 2. The number of nitrogens with one attached hydrogen (secondary N) is 1. The SMILES string of the molecule is O=C(Nc1ccc(F)c(S(=O)(=O)N2CCOCC2)c1)C1CC(=O)N(c2ccccc2Cl)C1. The number of hydrogen-bond acceptors (Lipinski definition) is 5. The Morgan fingerprint density at radius 3 is 2.59 bits per heavy atom. The number of anilines is 2. The Bertz CT molecular complexity index is 1150. The Labute approximate surface area is 189 Å². The van der Waals surface area contributed by atoms with Crippen LogP contribution in [0.15, 0.2) is 47.4 Å². The second-order valence-electron chi connectivity index (χ2n) is 7.51. The molecule has 2 heterocycles. The molecule has 0 aliphatic carbocycles. The third-order valence-corrected chi connectivity index (χ3v) is 7.66. The maximum absolute atomic E-state index is 14.4. The molecule has 0 radical (unpaired) electrons. The minimum atomic E-state index is -4.08. The van der Waals surface area contributed by atoms with Crippen molar-refractivity contribution in [3.8, 4) is 0 Å². The number of para-hydroxylation sites is 1. The zero-order chi connectivity index (χ0) is 22.9. The van der Waals surface area contributed by atoms with Gasteiger partial charge in [-0.1, -0.05) is 23.7 Å². The number of nitrogens with zero attached hydrogens (tertiary/aromatic N) is 2. The van der Waals surface area contributed by atoms with E-state index in [0.717, 1.165) is 16.4 Å². The highest BCUT2D eigenvalue weighted by molar-refractivity contribution is 7.89. The van der Waals surface area contributed by atoms with Crippen molar-refractivity contribution in [2.75, 3.05) is 43.1 Å². The molecule has 2 aliphatic heterocycles. The van der Waals surface area contributed by atoms with Crippen LogP contribution in [0.2, 0.25) is 5.02 Å². The summed E-state index contributed by atoms with van der Waals surface area (Å²) in [7, 11) is -4.08. The van der Waals surface area contributed by atoms with Crippen molar-refractivity contribution >= 4 is 44.8 Å². The second-order valence-corrected chi connectivity index (χ2v) is 9.82. The maximum atomic E-state index is 14.4. The van der Waals surface area contributed by atoms with Crippen molar-refractivity contribution in [2.45, 2.75) is 11.3 Å². The first-order valence-corrected chi connectivity index (χ1v) is 11.8. The van der Waals surface area contributed by atoms with Gasteiger partial charge in [-0.2, -0.15) is 4.31 Å². The normalized spacial score (nSPS) is 19.9. The molecule has 1 atom stereocenters. The fourth-order valence-corrected chi connectivity index (χ4v) is 5.47. The van der Waals surface area contributed by atoms with Crippen LogP contribution in [0, 0.1) is 11.7 Å². The molecule has 32 heavy (non-hydrogen) atoms. The smallest absolute Gasteiger partial charge is 0.246 e. The van der Waals surface area contributed by atoms with E-state index in [1.54, 1.807) is 24.3 Å². The van der Waals surface area contributed by atoms with Crippen molar-refractivity contribution in [1.29, 1.82) is 0 Å². The third-order valence-electron chi connectivity index (χ3n) is 5.43. The highest BCUT2D eigenvalue weighted by Gasteiger charge is 2.36. The zero-order valence-corrected chi connectivity index (χ0v) is 18.5. The molecule has 2 aromatic carbocycles. The van der Waals surface area contributed by atoms with Gasteiger partial charge in [0, 0.05) is 31.7 Å². The van der Waals surface area contributed by atoms with E-state index in [0.29, 0.717) is 10.7 Å². The number of morpholine rings is 1. The molecule has 2 aromatic rings. The van der Waals surface area contributed by atoms with Gasteiger partial charge in [0.2, 0.25) is 21.8 Å². The molecule has 2 saturated heterocycles. The number of amides is 2. The molecule has 170 valence electrons. The number of carbonyl (C=O) groups excluding carboxylic acids is 2. The molecule has 1 N–H and O–H groups in total. The first-order valence-electron chi connectivity index (χ1n) is 10.0. The van der Waals surface area contributed by atoms with E-state index in [9.17, 15) is 22.4 Å². The van der Waals surface area contributed by atoms with Crippen LogP contribution in [-0.4, -0.2) is 57.4 Å². The minimum Gasteiger partial charge on any atom is -0.379 e. The van der Waals surface area contributed by atoms with E-state index < -0.39 is 32.6 Å². The second kappa shape index (κ2) is 9.14. The Morgan fingerprint density at radius 1 is 1.16 bits per heavy atom. The Morgan fingerprint density at radius 2 is 1.88 bits per heavy atom. The van der Waals surface area contributed by atoms with Crippen LogP contribution < -0.4 is 10.2 Å². The monoisotopic (exact) mass is 481 g/mol. The molecule has 2 fully saturated rings. The number of sulfonamides is 1. The Balaban J connectivity index is 1.50. The summed E-state index contributed by atoms with van der Waals surface area (Å²) in [6.07, 6.45) is -0.0167. The van der Waals surface area contributed by atoms with E-state index in [1.807, 2.05) is 0 Å². The lowest BCUT2D eigenvalue weighted by Gasteiger charge is -2.26. The summed E-state index contributed by atoms with van der Waals surface area (Å²) in [6, 6.07) is 10.2. The van der Waals surface area contributed by atoms with Crippen molar-refractivity contribution < 1.29 is 27.1 Å². The number of hydrogen-bond donors (Lipinski definition) is 1. The highest BCUT2D eigenvalue weighted by Crippen LogP contribution is 2.32. The van der Waals surface area contributed by atoms with Crippen LogP contribution in [0.4, 0.5) is 15.8 Å². The fraction of sp³-hybridized carbons (Fsp3) is 0.333. The van der Waals surface area contributed by atoms with Gasteiger partial charge in [-0.3, -0.25) is 9.59 Å². The molecule has 8 nitrogen and oxygen atoms in total. The van der Waals surface area contributed by atoms with Gasteiger partial charge in [-0.25, -0.2) is 12.8 Å². The Hall–Kier alpha value is -2.53. The maximum Gasteiger partial charge on any atom is 0.246 e. The molecule has 0 saturated carbocycles. The number of ether oxygens (including phenoxy) is 1. The van der Waals surface area contributed by atoms with Crippen LogP contribution in [0.25, 0.3) is 0 Å². The first-order chi connectivity index (χ1) is 15.3. The van der Waals surface area contributed by atoms with E-state index in [-0.39, 0.29) is 50.9 Å². The zero-order valence-electron chi connectivity index (χ0n) is 17.0. The van der Waals surface area contributed by atoms with Crippen LogP contribution in [-0.2, 0) is 24.3 Å². The molecular formula is C21H21ClFN3O5S. The van der Waals surface area contributed by atoms with E-state index >= 15 is 0 Å². The van der Waals surface area contributed by atoms with Crippen LogP contribution >= 0.6 is 11.6 Å². The van der Waals surface area contributed by atoms with Crippen molar-refractivity contribution in [3.63, 3.8) is 0 Å². The topological polar surface area (TPSA) is 96.0 Å². The van der Waals surface area contributed by atoms with Gasteiger partial charge < -0.3 is 15.0 Å². The summed E-state index contributed by atoms with van der Waals surface area (Å²) in [6.45, 7) is 0.846. The van der Waals surface area contributed by atoms with E-state index in [2.05, 4.69) is 5.32 Å². The standard InChI is InChI=1S/C21H21ClFN3O5S/c22-16-3-1-2-4-18(16)26-13-14(11-20(26)27)21(28)24-15-5-6-17(23)19(12-15)32(29,30)25-7-9-31-10-8-25/h1-6,12,14H,7-11,13H2,(H,24,28). The van der Waals surface area contributed by atoms with Crippen molar-refractivity contribution in [3.05, 3.63) is 53.3 Å². The molecule has 11 heteroatoms. The summed E-state index contributed by atoms with van der Waals surface area (Å²) in [5.41, 5.74) is 0.655. The van der Waals surface area contributed by atoms with Gasteiger partial charge in [0.1, 0.15) is 10.7 Å². The Kier molecular flexibility index (Phi) is 6.47. The summed E-state index contributed by atoms with van der Waals surface area (Å²) in [5, 5.41) is 3.01. The highest BCUT2D eigenvalue weighted by atomic mass is 35.5. The van der Waals surface area contributed by atoms with Crippen LogP contribution in [0.3, 0.4) is 0 Å². The molecule has 4 rings (SSSR count).